The van der Waals surface area contributed by atoms with E-state index in [-0.39, 0.29) is 23.7 Å². The predicted octanol–water partition coefficient (Wildman–Crippen LogP) is 5.36. The normalized spacial score (nSPS) is 16.5. The third kappa shape index (κ3) is 5.17. The molecule has 1 aliphatic heterocycles. The van der Waals surface area contributed by atoms with Gasteiger partial charge in [-0.2, -0.15) is 5.26 Å². The van der Waals surface area contributed by atoms with Crippen molar-refractivity contribution in [3.63, 3.8) is 0 Å². The molecule has 0 spiro atoms. The average Bonchev–Trinajstić information content (AvgIpc) is 3.69. The van der Waals surface area contributed by atoms with Crippen molar-refractivity contribution in [3.05, 3.63) is 71.4 Å². The Morgan fingerprint density at radius 2 is 1.73 bits per heavy atom. The van der Waals surface area contributed by atoms with E-state index in [0.29, 0.717) is 33.7 Å². The summed E-state index contributed by atoms with van der Waals surface area (Å²) in [6.45, 7) is 0. The largest absolute Gasteiger partial charge is 0.487 e. The lowest BCUT2D eigenvalue weighted by atomic mass is 10.0. The van der Waals surface area contributed by atoms with E-state index >= 15 is 0 Å². The zero-order valence-electron chi connectivity index (χ0n) is 19.5. The lowest BCUT2D eigenvalue weighted by molar-refractivity contribution is 0.302. The van der Waals surface area contributed by atoms with Crippen molar-refractivity contribution in [2.45, 2.75) is 25.0 Å². The van der Waals surface area contributed by atoms with Gasteiger partial charge in [0.1, 0.15) is 23.4 Å². The first kappa shape index (κ1) is 23.5. The number of hydrogen-bond donors (Lipinski definition) is 1. The van der Waals surface area contributed by atoms with Crippen LogP contribution in [0.2, 0.25) is 5.02 Å². The molecule has 0 atom stereocenters. The number of aromatic nitrogens is 2. The number of ether oxygens (including phenoxy) is 2. The summed E-state index contributed by atoms with van der Waals surface area (Å²) in [7, 11) is -2.90. The van der Waals surface area contributed by atoms with Crippen molar-refractivity contribution < 1.29 is 17.9 Å². The van der Waals surface area contributed by atoms with E-state index in [1.165, 1.54) is 0 Å². The van der Waals surface area contributed by atoms with Gasteiger partial charge in [-0.05, 0) is 48.2 Å². The van der Waals surface area contributed by atoms with Crippen molar-refractivity contribution in [1.29, 1.82) is 5.26 Å². The molecule has 2 fully saturated rings. The van der Waals surface area contributed by atoms with E-state index in [4.69, 9.17) is 21.1 Å². The first-order valence-electron chi connectivity index (χ1n) is 11.8. The monoisotopic (exact) mass is 532 g/mol. The maximum absolute atomic E-state index is 11.4. The highest BCUT2D eigenvalue weighted by Gasteiger charge is 2.33. The molecular weight excluding hydrogens is 512 g/mol. The van der Waals surface area contributed by atoms with Crippen molar-refractivity contribution >= 4 is 38.3 Å². The molecule has 1 saturated carbocycles. The average molecular weight is 533 g/mol. The molecular formula is C27H21ClN4O4S. The van der Waals surface area contributed by atoms with Crippen molar-refractivity contribution in [3.8, 4) is 34.4 Å². The highest BCUT2D eigenvalue weighted by atomic mass is 35.5. The maximum atomic E-state index is 11.4. The van der Waals surface area contributed by atoms with Crippen molar-refractivity contribution in [2.75, 3.05) is 16.8 Å². The molecule has 37 heavy (non-hydrogen) atoms. The van der Waals surface area contributed by atoms with Gasteiger partial charge in [0.15, 0.2) is 15.6 Å². The first-order chi connectivity index (χ1) is 17.8. The minimum absolute atomic E-state index is 0.117. The standard InChI is InChI=1S/C27H21ClN4O4S/c28-23-11-22(9-18(12-29)27(23)36-21-6-7-21)35-20-4-1-16(2-5-20)17-3-8-24-25(10-17)30-13-26(32-24)31-19-14-37(33,34)15-19/h1-5,8-11,13,19,21H,6-7,14-15H2,(H,31,32). The van der Waals surface area contributed by atoms with Crippen LogP contribution in [0.5, 0.6) is 17.2 Å². The molecule has 0 radical (unpaired) electrons. The van der Waals surface area contributed by atoms with Crippen LogP contribution in [-0.2, 0) is 9.84 Å². The highest BCUT2D eigenvalue weighted by Crippen LogP contribution is 2.38. The molecule has 6 rings (SSSR count). The fourth-order valence-corrected chi connectivity index (χ4v) is 5.70. The van der Waals surface area contributed by atoms with Gasteiger partial charge in [0.2, 0.25) is 0 Å². The molecule has 4 aromatic rings. The van der Waals surface area contributed by atoms with Crippen LogP contribution in [0.15, 0.2) is 60.8 Å². The summed E-state index contributed by atoms with van der Waals surface area (Å²) in [5.74, 6) is 2.29. The van der Waals surface area contributed by atoms with E-state index in [2.05, 4.69) is 21.4 Å². The quantitative estimate of drug-likeness (QED) is 0.338. The van der Waals surface area contributed by atoms with Crippen molar-refractivity contribution in [1.82, 2.24) is 9.97 Å². The van der Waals surface area contributed by atoms with Crippen LogP contribution in [0.1, 0.15) is 18.4 Å². The van der Waals surface area contributed by atoms with Gasteiger partial charge in [-0.15, -0.1) is 0 Å². The summed E-state index contributed by atoms with van der Waals surface area (Å²) in [4.78, 5) is 9.05. The van der Waals surface area contributed by atoms with E-state index in [0.717, 1.165) is 35.0 Å². The van der Waals surface area contributed by atoms with Crippen LogP contribution < -0.4 is 14.8 Å². The van der Waals surface area contributed by atoms with Gasteiger partial charge in [-0.1, -0.05) is 29.8 Å². The smallest absolute Gasteiger partial charge is 0.156 e. The first-order valence-corrected chi connectivity index (χ1v) is 14.0. The van der Waals surface area contributed by atoms with Crippen LogP contribution in [0.4, 0.5) is 5.82 Å². The van der Waals surface area contributed by atoms with Crippen LogP contribution in [-0.4, -0.2) is 42.0 Å². The van der Waals surface area contributed by atoms with E-state index in [9.17, 15) is 13.7 Å². The van der Waals surface area contributed by atoms with Gasteiger partial charge in [-0.25, -0.2) is 13.4 Å². The van der Waals surface area contributed by atoms with E-state index < -0.39 is 9.84 Å². The molecule has 1 N–H and O–H groups in total. The Hall–Kier alpha value is -3.87. The van der Waals surface area contributed by atoms with Crippen molar-refractivity contribution in [2.24, 2.45) is 0 Å². The number of rotatable bonds is 7. The SMILES string of the molecule is N#Cc1cc(Oc2ccc(-c3ccc4nc(NC5CS(=O)(=O)C5)cnc4c3)cc2)cc(Cl)c1OC1CC1. The van der Waals surface area contributed by atoms with E-state index in [1.54, 1.807) is 18.3 Å². The van der Waals surface area contributed by atoms with Crippen LogP contribution in [0, 0.1) is 11.3 Å². The lowest BCUT2D eigenvalue weighted by Gasteiger charge is -2.26. The zero-order chi connectivity index (χ0) is 25.6. The Kier molecular flexibility index (Phi) is 5.86. The predicted molar refractivity (Wildman–Crippen MR) is 141 cm³/mol. The number of halogens is 1. The number of anilines is 1. The maximum Gasteiger partial charge on any atom is 0.156 e. The van der Waals surface area contributed by atoms with Crippen LogP contribution in [0.3, 0.4) is 0 Å². The second-order valence-corrected chi connectivity index (χ2v) is 11.8. The van der Waals surface area contributed by atoms with Gasteiger partial charge in [0, 0.05) is 12.1 Å². The molecule has 2 heterocycles. The Morgan fingerprint density at radius 3 is 2.43 bits per heavy atom. The Labute approximate surface area is 218 Å². The summed E-state index contributed by atoms with van der Waals surface area (Å²) >= 11 is 6.37. The molecule has 0 amide bonds. The molecule has 10 heteroatoms. The number of benzene rings is 3. The molecule has 2 aliphatic rings. The fourth-order valence-electron chi connectivity index (χ4n) is 4.15. The number of hydrogen-bond acceptors (Lipinski definition) is 8. The molecule has 1 aromatic heterocycles. The molecule has 1 aliphatic carbocycles. The van der Waals surface area contributed by atoms with Gasteiger partial charge >= 0.3 is 0 Å². The van der Waals surface area contributed by atoms with E-state index in [1.807, 2.05) is 42.5 Å². The van der Waals surface area contributed by atoms with Gasteiger partial charge < -0.3 is 14.8 Å². The van der Waals surface area contributed by atoms with Crippen LogP contribution in [0.25, 0.3) is 22.2 Å². The van der Waals surface area contributed by atoms with Gasteiger partial charge in [0.25, 0.3) is 0 Å². The fraction of sp³-hybridized carbons (Fsp3) is 0.222. The molecule has 8 nitrogen and oxygen atoms in total. The Morgan fingerprint density at radius 1 is 0.973 bits per heavy atom. The summed E-state index contributed by atoms with van der Waals surface area (Å²) in [6.07, 6.45) is 3.71. The summed E-state index contributed by atoms with van der Waals surface area (Å²) in [5, 5.41) is 13.0. The molecule has 3 aromatic carbocycles. The van der Waals surface area contributed by atoms with Gasteiger partial charge in [-0.3, -0.25) is 4.98 Å². The zero-order valence-corrected chi connectivity index (χ0v) is 21.1. The number of nitrogens with zero attached hydrogens (tertiary/aromatic N) is 3. The molecule has 0 bridgehead atoms. The number of sulfone groups is 1. The third-order valence-electron chi connectivity index (χ3n) is 6.17. The Bertz CT molecular complexity index is 1650. The molecule has 186 valence electrons. The molecule has 0 unspecified atom stereocenters. The topological polar surface area (TPSA) is 114 Å². The number of fused-ring (bicyclic) bond motifs is 1. The Balaban J connectivity index is 1.16. The third-order valence-corrected chi connectivity index (χ3v) is 8.28. The van der Waals surface area contributed by atoms with Crippen LogP contribution >= 0.6 is 11.6 Å². The second kappa shape index (κ2) is 9.21. The highest BCUT2D eigenvalue weighted by molar-refractivity contribution is 7.92. The summed E-state index contributed by atoms with van der Waals surface area (Å²) in [6, 6.07) is 18.7. The second-order valence-electron chi connectivity index (χ2n) is 9.21. The summed E-state index contributed by atoms with van der Waals surface area (Å²) in [5.41, 5.74) is 3.74. The number of nitrogens with one attached hydrogen (secondary N) is 1. The number of nitriles is 1. The minimum Gasteiger partial charge on any atom is -0.487 e. The lowest BCUT2D eigenvalue weighted by Crippen LogP contribution is -2.46. The summed E-state index contributed by atoms with van der Waals surface area (Å²) < 4.78 is 34.5. The minimum atomic E-state index is -2.90. The molecule has 1 saturated heterocycles. The van der Waals surface area contributed by atoms with Gasteiger partial charge in [0.05, 0.1) is 51.5 Å².